The van der Waals surface area contributed by atoms with Crippen molar-refractivity contribution in [3.8, 4) is 17.4 Å². The SMILES string of the molecule is CCOC(=O)C=Cc1c(C2CC2)nn(C)c1Oc1cc(OCc2ccccc2)c(Br)cc1C. The second-order valence-electron chi connectivity index (χ2n) is 8.01. The summed E-state index contributed by atoms with van der Waals surface area (Å²) >= 11 is 3.60. The van der Waals surface area contributed by atoms with E-state index >= 15 is 0 Å². The smallest absolute Gasteiger partial charge is 0.330 e. The quantitative estimate of drug-likeness (QED) is 0.249. The zero-order chi connectivity index (χ0) is 23.4. The summed E-state index contributed by atoms with van der Waals surface area (Å²) in [4.78, 5) is 11.9. The van der Waals surface area contributed by atoms with Gasteiger partial charge in [-0.05, 0) is 65.9 Å². The van der Waals surface area contributed by atoms with Crippen LogP contribution in [0.1, 0.15) is 48.1 Å². The molecule has 1 saturated carbocycles. The van der Waals surface area contributed by atoms with Crippen molar-refractivity contribution in [2.75, 3.05) is 6.61 Å². The van der Waals surface area contributed by atoms with Crippen molar-refractivity contribution < 1.29 is 19.0 Å². The van der Waals surface area contributed by atoms with Crippen LogP contribution < -0.4 is 9.47 Å². The van der Waals surface area contributed by atoms with Crippen molar-refractivity contribution in [1.29, 1.82) is 0 Å². The first-order chi connectivity index (χ1) is 16.0. The maximum Gasteiger partial charge on any atom is 0.330 e. The lowest BCUT2D eigenvalue weighted by molar-refractivity contribution is -0.137. The maximum atomic E-state index is 11.9. The summed E-state index contributed by atoms with van der Waals surface area (Å²) in [5.41, 5.74) is 3.79. The van der Waals surface area contributed by atoms with E-state index in [0.29, 0.717) is 36.5 Å². The number of nitrogens with zero attached hydrogens (tertiary/aromatic N) is 2. The first-order valence-electron chi connectivity index (χ1n) is 11.0. The van der Waals surface area contributed by atoms with Crippen LogP contribution in [0.15, 0.2) is 53.0 Å². The van der Waals surface area contributed by atoms with Gasteiger partial charge in [0.1, 0.15) is 18.1 Å². The van der Waals surface area contributed by atoms with Gasteiger partial charge in [-0.2, -0.15) is 5.10 Å². The van der Waals surface area contributed by atoms with E-state index in [1.807, 2.05) is 56.4 Å². The van der Waals surface area contributed by atoms with Crippen LogP contribution in [0.3, 0.4) is 0 Å². The number of hydrogen-bond acceptors (Lipinski definition) is 5. The topological polar surface area (TPSA) is 62.6 Å². The number of aryl methyl sites for hydroxylation is 2. The molecule has 1 aromatic heterocycles. The summed E-state index contributed by atoms with van der Waals surface area (Å²) in [6.45, 7) is 4.55. The molecule has 0 atom stereocenters. The van der Waals surface area contributed by atoms with E-state index in [4.69, 9.17) is 14.2 Å². The number of carbonyl (C=O) groups is 1. The zero-order valence-corrected chi connectivity index (χ0v) is 20.6. The van der Waals surface area contributed by atoms with Gasteiger partial charge in [-0.3, -0.25) is 0 Å². The largest absolute Gasteiger partial charge is 0.488 e. The van der Waals surface area contributed by atoms with E-state index in [0.717, 1.165) is 39.7 Å². The molecule has 0 unspecified atom stereocenters. The fourth-order valence-electron chi connectivity index (χ4n) is 3.52. The Morgan fingerprint density at radius 3 is 2.67 bits per heavy atom. The number of carbonyl (C=O) groups excluding carboxylic acids is 1. The molecule has 0 N–H and O–H groups in total. The first kappa shape index (κ1) is 23.1. The van der Waals surface area contributed by atoms with Crippen LogP contribution in [0.2, 0.25) is 0 Å². The van der Waals surface area contributed by atoms with Gasteiger partial charge in [-0.1, -0.05) is 30.3 Å². The Hall–Kier alpha value is -3.06. The van der Waals surface area contributed by atoms with Crippen LogP contribution in [0.25, 0.3) is 6.08 Å². The summed E-state index contributed by atoms with van der Waals surface area (Å²) in [6, 6.07) is 13.9. The average Bonchev–Trinajstić information content (AvgIpc) is 3.59. The third-order valence-electron chi connectivity index (χ3n) is 5.37. The van der Waals surface area contributed by atoms with Crippen molar-refractivity contribution in [2.45, 2.75) is 39.2 Å². The van der Waals surface area contributed by atoms with Crippen LogP contribution in [0.5, 0.6) is 17.4 Å². The van der Waals surface area contributed by atoms with Crippen LogP contribution in [-0.2, 0) is 23.2 Å². The minimum atomic E-state index is -0.384. The molecule has 0 bridgehead atoms. The summed E-state index contributed by atoms with van der Waals surface area (Å²) < 4.78 is 20.0. The number of rotatable bonds is 9. The van der Waals surface area contributed by atoms with Crippen LogP contribution >= 0.6 is 15.9 Å². The third-order valence-corrected chi connectivity index (χ3v) is 5.99. The van der Waals surface area contributed by atoms with E-state index in [9.17, 15) is 4.79 Å². The van der Waals surface area contributed by atoms with E-state index < -0.39 is 0 Å². The van der Waals surface area contributed by atoms with E-state index in [1.165, 1.54) is 6.08 Å². The van der Waals surface area contributed by atoms with Crippen molar-refractivity contribution in [1.82, 2.24) is 9.78 Å². The Morgan fingerprint density at radius 2 is 1.97 bits per heavy atom. The monoisotopic (exact) mass is 510 g/mol. The van der Waals surface area contributed by atoms with E-state index in [-0.39, 0.29) is 5.97 Å². The number of aromatic nitrogens is 2. The molecule has 6 nitrogen and oxygen atoms in total. The first-order valence-corrected chi connectivity index (χ1v) is 11.8. The molecule has 1 aliphatic rings. The molecule has 4 rings (SSSR count). The van der Waals surface area contributed by atoms with Gasteiger partial charge in [0.2, 0.25) is 5.88 Å². The number of benzene rings is 2. The zero-order valence-electron chi connectivity index (χ0n) is 19.0. The number of hydrogen-bond donors (Lipinski definition) is 0. The maximum absolute atomic E-state index is 11.9. The van der Waals surface area contributed by atoms with Crippen LogP contribution in [-0.4, -0.2) is 22.4 Å². The standard InChI is InChI=1S/C26H27BrN2O4/c1-4-31-24(30)13-12-20-25(19-10-11-19)28-29(3)26(20)33-22-15-23(21(27)14-17(22)2)32-16-18-8-6-5-7-9-18/h5-9,12-15,19H,4,10-11,16H2,1-3H3. The molecule has 172 valence electrons. The Kier molecular flexibility index (Phi) is 7.18. The van der Waals surface area contributed by atoms with Crippen molar-refractivity contribution >= 4 is 28.0 Å². The lowest BCUT2D eigenvalue weighted by atomic mass is 10.1. The molecule has 1 aliphatic carbocycles. The second kappa shape index (κ2) is 10.3. The van der Waals surface area contributed by atoms with Gasteiger partial charge >= 0.3 is 5.97 Å². The van der Waals surface area contributed by atoms with Crippen molar-refractivity contribution in [3.63, 3.8) is 0 Å². The predicted molar refractivity (Wildman–Crippen MR) is 131 cm³/mol. The molecule has 2 aromatic carbocycles. The Morgan fingerprint density at radius 1 is 1.21 bits per heavy atom. The molecule has 7 heteroatoms. The highest BCUT2D eigenvalue weighted by Crippen LogP contribution is 2.45. The molecule has 1 fully saturated rings. The van der Waals surface area contributed by atoms with Gasteiger partial charge in [0.15, 0.2) is 0 Å². The molecule has 1 heterocycles. The normalized spacial score (nSPS) is 13.3. The highest BCUT2D eigenvalue weighted by Gasteiger charge is 2.31. The fourth-order valence-corrected chi connectivity index (χ4v) is 4.09. The minimum Gasteiger partial charge on any atom is -0.488 e. The second-order valence-corrected chi connectivity index (χ2v) is 8.87. The summed E-state index contributed by atoms with van der Waals surface area (Å²) in [7, 11) is 1.85. The Balaban J connectivity index is 1.62. The number of ether oxygens (including phenoxy) is 3. The van der Waals surface area contributed by atoms with Gasteiger partial charge in [0, 0.05) is 25.1 Å². The molecule has 3 aromatic rings. The fraction of sp³-hybridized carbons (Fsp3) is 0.308. The highest BCUT2D eigenvalue weighted by molar-refractivity contribution is 9.10. The van der Waals surface area contributed by atoms with Gasteiger partial charge in [0.05, 0.1) is 22.3 Å². The third kappa shape index (κ3) is 5.66. The lowest BCUT2D eigenvalue weighted by Gasteiger charge is -2.14. The molecule has 0 amide bonds. The van der Waals surface area contributed by atoms with Crippen molar-refractivity contribution in [3.05, 3.63) is 75.4 Å². The summed E-state index contributed by atoms with van der Waals surface area (Å²) in [5.74, 6) is 1.94. The Bertz CT molecular complexity index is 1170. The molecule has 0 radical (unpaired) electrons. The average molecular weight is 511 g/mol. The molecule has 0 spiro atoms. The summed E-state index contributed by atoms with van der Waals surface area (Å²) in [6.07, 6.45) is 5.36. The highest BCUT2D eigenvalue weighted by atomic mass is 79.9. The van der Waals surface area contributed by atoms with Gasteiger partial charge in [-0.25, -0.2) is 9.48 Å². The van der Waals surface area contributed by atoms with Gasteiger partial charge in [0.25, 0.3) is 0 Å². The molecular weight excluding hydrogens is 484 g/mol. The number of esters is 1. The minimum absolute atomic E-state index is 0.332. The molecule has 33 heavy (non-hydrogen) atoms. The van der Waals surface area contributed by atoms with Crippen molar-refractivity contribution in [2.24, 2.45) is 7.05 Å². The predicted octanol–water partition coefficient (Wildman–Crippen LogP) is 6.32. The molecular formula is C26H27BrN2O4. The van der Waals surface area contributed by atoms with Gasteiger partial charge in [-0.15, -0.1) is 0 Å². The number of halogens is 1. The Labute approximate surface area is 202 Å². The lowest BCUT2D eigenvalue weighted by Crippen LogP contribution is -2.00. The van der Waals surface area contributed by atoms with Crippen LogP contribution in [0.4, 0.5) is 0 Å². The molecule has 0 aliphatic heterocycles. The van der Waals surface area contributed by atoms with Gasteiger partial charge < -0.3 is 14.2 Å². The van der Waals surface area contributed by atoms with E-state index in [1.54, 1.807) is 17.7 Å². The molecule has 0 saturated heterocycles. The van der Waals surface area contributed by atoms with E-state index in [2.05, 4.69) is 21.0 Å². The van der Waals surface area contributed by atoms with Crippen LogP contribution in [0, 0.1) is 6.92 Å². The summed E-state index contributed by atoms with van der Waals surface area (Å²) in [5, 5.41) is 4.69.